The fourth-order valence-electron chi connectivity index (χ4n) is 1.25. The van der Waals surface area contributed by atoms with E-state index in [-0.39, 0.29) is 18.6 Å². The van der Waals surface area contributed by atoms with Gasteiger partial charge in [-0.05, 0) is 25.2 Å². The predicted octanol–water partition coefficient (Wildman–Crippen LogP) is 1.70. The van der Waals surface area contributed by atoms with Crippen LogP contribution in [0.3, 0.4) is 0 Å². The molecule has 14 heavy (non-hydrogen) atoms. The summed E-state index contributed by atoms with van der Waals surface area (Å²) in [5.41, 5.74) is 0. The van der Waals surface area contributed by atoms with Gasteiger partial charge in [0.1, 0.15) is 0 Å². The van der Waals surface area contributed by atoms with Gasteiger partial charge in [-0.15, -0.1) is 0 Å². The average molecular weight is 201 g/mol. The van der Waals surface area contributed by atoms with Gasteiger partial charge in [0, 0.05) is 19.1 Å². The lowest BCUT2D eigenvalue weighted by atomic mass is 10.1. The number of rotatable bonds is 7. The first-order valence-corrected chi connectivity index (χ1v) is 5.50. The van der Waals surface area contributed by atoms with Crippen molar-refractivity contribution in [1.29, 1.82) is 0 Å². The van der Waals surface area contributed by atoms with Crippen molar-refractivity contribution in [2.45, 2.75) is 52.5 Å². The maximum absolute atomic E-state index is 11.4. The monoisotopic (exact) mass is 201 g/mol. The number of hydrogen-bond acceptors (Lipinski definition) is 2. The van der Waals surface area contributed by atoms with Crippen molar-refractivity contribution < 1.29 is 9.90 Å². The number of hydrogen-bond donors (Lipinski definition) is 2. The quantitative estimate of drug-likeness (QED) is 0.658. The molecule has 84 valence electrons. The van der Waals surface area contributed by atoms with Gasteiger partial charge in [-0.1, -0.05) is 20.8 Å². The summed E-state index contributed by atoms with van der Waals surface area (Å²) in [5, 5.41) is 11.7. The third kappa shape index (κ3) is 6.89. The molecule has 1 unspecified atom stereocenters. The van der Waals surface area contributed by atoms with E-state index in [2.05, 4.69) is 19.2 Å². The third-order valence-corrected chi connectivity index (χ3v) is 2.28. The van der Waals surface area contributed by atoms with E-state index in [4.69, 9.17) is 5.11 Å². The molecule has 2 N–H and O–H groups in total. The minimum atomic E-state index is 0.110. The van der Waals surface area contributed by atoms with Crippen LogP contribution >= 0.6 is 0 Å². The number of aliphatic hydroxyl groups excluding tert-OH is 1. The Balaban J connectivity index is 3.67. The molecule has 3 heteroatoms. The molecule has 0 aromatic rings. The summed E-state index contributed by atoms with van der Waals surface area (Å²) in [7, 11) is 0. The molecule has 0 aliphatic heterocycles. The van der Waals surface area contributed by atoms with E-state index in [0.29, 0.717) is 18.8 Å². The Kier molecular flexibility index (Phi) is 7.48. The Morgan fingerprint density at radius 3 is 2.43 bits per heavy atom. The second-order valence-corrected chi connectivity index (χ2v) is 4.12. The Bertz CT molecular complexity index is 157. The molecule has 0 heterocycles. The molecule has 0 rings (SSSR count). The van der Waals surface area contributed by atoms with Gasteiger partial charge in [0.05, 0.1) is 0 Å². The lowest BCUT2D eigenvalue weighted by molar-refractivity contribution is -0.122. The van der Waals surface area contributed by atoms with E-state index in [1.165, 1.54) is 0 Å². The first-order valence-electron chi connectivity index (χ1n) is 5.50. The van der Waals surface area contributed by atoms with Crippen molar-refractivity contribution in [3.05, 3.63) is 0 Å². The second kappa shape index (κ2) is 7.80. The van der Waals surface area contributed by atoms with Gasteiger partial charge in [-0.2, -0.15) is 0 Å². The SMILES string of the molecule is CCC(CCO)NC(=O)CCC(C)C. The van der Waals surface area contributed by atoms with E-state index in [1.54, 1.807) is 0 Å². The van der Waals surface area contributed by atoms with Crippen LogP contribution in [0.1, 0.15) is 46.5 Å². The molecular weight excluding hydrogens is 178 g/mol. The van der Waals surface area contributed by atoms with E-state index in [0.717, 1.165) is 12.8 Å². The smallest absolute Gasteiger partial charge is 0.220 e. The first-order chi connectivity index (χ1) is 6.60. The highest BCUT2D eigenvalue weighted by Gasteiger charge is 2.09. The van der Waals surface area contributed by atoms with Crippen LogP contribution in [0, 0.1) is 5.92 Å². The molecule has 0 saturated carbocycles. The second-order valence-electron chi connectivity index (χ2n) is 4.12. The zero-order valence-electron chi connectivity index (χ0n) is 9.55. The van der Waals surface area contributed by atoms with Gasteiger partial charge in [0.25, 0.3) is 0 Å². The lowest BCUT2D eigenvalue weighted by Crippen LogP contribution is -2.35. The topological polar surface area (TPSA) is 49.3 Å². The van der Waals surface area contributed by atoms with E-state index >= 15 is 0 Å². The number of nitrogens with one attached hydrogen (secondary N) is 1. The highest BCUT2D eigenvalue weighted by molar-refractivity contribution is 5.76. The Morgan fingerprint density at radius 2 is 2.00 bits per heavy atom. The number of carbonyl (C=O) groups is 1. The van der Waals surface area contributed by atoms with Crippen LogP contribution in [0.5, 0.6) is 0 Å². The molecule has 0 aromatic heterocycles. The first kappa shape index (κ1) is 13.4. The van der Waals surface area contributed by atoms with Crippen molar-refractivity contribution in [1.82, 2.24) is 5.32 Å². The Hall–Kier alpha value is -0.570. The Labute approximate surface area is 86.9 Å². The van der Waals surface area contributed by atoms with Crippen molar-refractivity contribution in [3.8, 4) is 0 Å². The molecule has 0 bridgehead atoms. The molecule has 0 fully saturated rings. The molecule has 0 aromatic carbocycles. The summed E-state index contributed by atoms with van der Waals surface area (Å²) in [5.74, 6) is 0.678. The normalized spacial score (nSPS) is 12.9. The minimum absolute atomic E-state index is 0.110. The number of amides is 1. The summed E-state index contributed by atoms with van der Waals surface area (Å²) in [4.78, 5) is 11.4. The summed E-state index contributed by atoms with van der Waals surface area (Å²) in [6.07, 6.45) is 3.07. The van der Waals surface area contributed by atoms with Crippen LogP contribution in [-0.2, 0) is 4.79 Å². The zero-order valence-corrected chi connectivity index (χ0v) is 9.55. The van der Waals surface area contributed by atoms with Crippen molar-refractivity contribution >= 4 is 5.91 Å². The van der Waals surface area contributed by atoms with Crippen LogP contribution in [-0.4, -0.2) is 23.7 Å². The molecule has 1 atom stereocenters. The van der Waals surface area contributed by atoms with Gasteiger partial charge in [0.15, 0.2) is 0 Å². The summed E-state index contributed by atoms with van der Waals surface area (Å²) in [6.45, 7) is 6.38. The molecular formula is C11H23NO2. The molecule has 0 aliphatic rings. The van der Waals surface area contributed by atoms with Crippen LogP contribution < -0.4 is 5.32 Å². The van der Waals surface area contributed by atoms with E-state index < -0.39 is 0 Å². The minimum Gasteiger partial charge on any atom is -0.396 e. The highest BCUT2D eigenvalue weighted by Crippen LogP contribution is 2.04. The zero-order chi connectivity index (χ0) is 11.0. The van der Waals surface area contributed by atoms with Gasteiger partial charge in [0.2, 0.25) is 5.91 Å². The van der Waals surface area contributed by atoms with Gasteiger partial charge in [-0.3, -0.25) is 4.79 Å². The lowest BCUT2D eigenvalue weighted by Gasteiger charge is -2.15. The summed E-state index contributed by atoms with van der Waals surface area (Å²) in [6, 6.07) is 0.139. The fraction of sp³-hybridized carbons (Fsp3) is 0.909. The fourth-order valence-corrected chi connectivity index (χ4v) is 1.25. The molecule has 3 nitrogen and oxygen atoms in total. The molecule has 1 amide bonds. The van der Waals surface area contributed by atoms with Crippen molar-refractivity contribution in [3.63, 3.8) is 0 Å². The largest absolute Gasteiger partial charge is 0.396 e. The number of aliphatic hydroxyl groups is 1. The van der Waals surface area contributed by atoms with E-state index in [1.807, 2.05) is 6.92 Å². The molecule has 0 saturated heterocycles. The van der Waals surface area contributed by atoms with Crippen molar-refractivity contribution in [2.24, 2.45) is 5.92 Å². The van der Waals surface area contributed by atoms with Crippen LogP contribution in [0.25, 0.3) is 0 Å². The summed E-state index contributed by atoms with van der Waals surface area (Å²) >= 11 is 0. The molecule has 0 radical (unpaired) electrons. The standard InChI is InChI=1S/C11H23NO2/c1-4-10(7-8-13)12-11(14)6-5-9(2)3/h9-10,13H,4-8H2,1-3H3,(H,12,14). The maximum atomic E-state index is 11.4. The average Bonchev–Trinajstić information content (AvgIpc) is 2.14. The van der Waals surface area contributed by atoms with Crippen molar-refractivity contribution in [2.75, 3.05) is 6.61 Å². The Morgan fingerprint density at radius 1 is 1.36 bits per heavy atom. The third-order valence-electron chi connectivity index (χ3n) is 2.28. The van der Waals surface area contributed by atoms with E-state index in [9.17, 15) is 4.79 Å². The van der Waals surface area contributed by atoms with Gasteiger partial charge >= 0.3 is 0 Å². The number of carbonyl (C=O) groups excluding carboxylic acids is 1. The van der Waals surface area contributed by atoms with Crippen LogP contribution in [0.4, 0.5) is 0 Å². The van der Waals surface area contributed by atoms with Gasteiger partial charge < -0.3 is 10.4 Å². The molecule has 0 spiro atoms. The van der Waals surface area contributed by atoms with Crippen LogP contribution in [0.2, 0.25) is 0 Å². The molecule has 0 aliphatic carbocycles. The maximum Gasteiger partial charge on any atom is 0.220 e. The predicted molar refractivity (Wildman–Crippen MR) is 58.0 cm³/mol. The summed E-state index contributed by atoms with van der Waals surface area (Å²) < 4.78 is 0. The highest BCUT2D eigenvalue weighted by atomic mass is 16.3. The van der Waals surface area contributed by atoms with Crippen LogP contribution in [0.15, 0.2) is 0 Å². The van der Waals surface area contributed by atoms with Gasteiger partial charge in [-0.25, -0.2) is 0 Å².